The molecule has 2 aliphatic rings. The van der Waals surface area contributed by atoms with Crippen molar-refractivity contribution < 1.29 is 9.13 Å². The van der Waals surface area contributed by atoms with E-state index in [2.05, 4.69) is 5.32 Å². The molecule has 2 fully saturated rings. The van der Waals surface area contributed by atoms with Crippen LogP contribution in [0.4, 0.5) is 4.39 Å². The van der Waals surface area contributed by atoms with Crippen LogP contribution in [-0.4, -0.2) is 25.3 Å². The molecular formula is C15H20FNO. The maximum Gasteiger partial charge on any atom is 0.126 e. The number of halogens is 1. The predicted octanol–water partition coefficient (Wildman–Crippen LogP) is 2.53. The minimum absolute atomic E-state index is 0.0896. The highest BCUT2D eigenvalue weighted by Gasteiger charge is 2.31. The Morgan fingerprint density at radius 1 is 1.22 bits per heavy atom. The molecule has 0 aromatic heterocycles. The van der Waals surface area contributed by atoms with E-state index in [1.54, 1.807) is 12.1 Å². The van der Waals surface area contributed by atoms with E-state index in [0.29, 0.717) is 18.0 Å². The Bertz CT molecular complexity index is 405. The molecule has 3 rings (SSSR count). The summed E-state index contributed by atoms with van der Waals surface area (Å²) in [5, 5.41) is 3.68. The fraction of sp³-hybridized carbons (Fsp3) is 0.600. The third-order valence-corrected chi connectivity index (χ3v) is 3.94. The van der Waals surface area contributed by atoms with Crippen molar-refractivity contribution in [2.75, 3.05) is 13.2 Å². The maximum atomic E-state index is 13.7. The number of hydrogen-bond acceptors (Lipinski definition) is 2. The molecule has 0 spiro atoms. The second-order valence-electron chi connectivity index (χ2n) is 5.47. The topological polar surface area (TPSA) is 21.3 Å². The van der Waals surface area contributed by atoms with E-state index < -0.39 is 0 Å². The number of hydrogen-bond donors (Lipinski definition) is 1. The third kappa shape index (κ3) is 2.90. The van der Waals surface area contributed by atoms with Crippen LogP contribution in [0.5, 0.6) is 0 Å². The quantitative estimate of drug-likeness (QED) is 0.885. The largest absolute Gasteiger partial charge is 0.381 e. The van der Waals surface area contributed by atoms with E-state index in [1.165, 1.54) is 12.8 Å². The second-order valence-corrected chi connectivity index (χ2v) is 5.47. The first-order chi connectivity index (χ1) is 8.83. The molecule has 1 N–H and O–H groups in total. The van der Waals surface area contributed by atoms with Gasteiger partial charge in [-0.2, -0.15) is 0 Å². The minimum atomic E-state index is -0.0896. The van der Waals surface area contributed by atoms with Crippen LogP contribution in [-0.2, 0) is 11.2 Å². The van der Waals surface area contributed by atoms with Crippen LogP contribution in [0.2, 0.25) is 0 Å². The van der Waals surface area contributed by atoms with Gasteiger partial charge in [-0.15, -0.1) is 0 Å². The normalized spacial score (nSPS) is 28.3. The summed E-state index contributed by atoms with van der Waals surface area (Å²) in [7, 11) is 0. The molecule has 1 aromatic carbocycles. The van der Waals surface area contributed by atoms with Gasteiger partial charge < -0.3 is 10.1 Å². The molecule has 3 heteroatoms. The monoisotopic (exact) mass is 249 g/mol. The van der Waals surface area contributed by atoms with Crippen molar-refractivity contribution in [3.05, 3.63) is 35.6 Å². The van der Waals surface area contributed by atoms with Crippen LogP contribution in [0.1, 0.15) is 24.8 Å². The first-order valence-corrected chi connectivity index (χ1v) is 6.90. The van der Waals surface area contributed by atoms with E-state index in [4.69, 9.17) is 4.74 Å². The fourth-order valence-corrected chi connectivity index (χ4v) is 2.72. The van der Waals surface area contributed by atoms with Gasteiger partial charge in [0.2, 0.25) is 0 Å². The fourth-order valence-electron chi connectivity index (χ4n) is 2.72. The average molecular weight is 249 g/mol. The molecule has 2 atom stereocenters. The lowest BCUT2D eigenvalue weighted by Gasteiger charge is -2.32. The summed E-state index contributed by atoms with van der Waals surface area (Å²) in [5.74, 6) is 0.310. The summed E-state index contributed by atoms with van der Waals surface area (Å²) in [5.41, 5.74) is 0.815. The van der Waals surface area contributed by atoms with E-state index in [-0.39, 0.29) is 5.82 Å². The first-order valence-electron chi connectivity index (χ1n) is 6.90. The average Bonchev–Trinajstić information content (AvgIpc) is 3.18. The Morgan fingerprint density at radius 3 is 2.83 bits per heavy atom. The van der Waals surface area contributed by atoms with Crippen molar-refractivity contribution in [2.24, 2.45) is 5.92 Å². The molecule has 1 heterocycles. The van der Waals surface area contributed by atoms with E-state index in [1.807, 2.05) is 12.1 Å². The summed E-state index contributed by atoms with van der Waals surface area (Å²) in [6.45, 7) is 1.58. The lowest BCUT2D eigenvalue weighted by atomic mass is 9.89. The molecule has 98 valence electrons. The highest BCUT2D eigenvalue weighted by molar-refractivity contribution is 5.18. The molecule has 1 aliphatic carbocycles. The van der Waals surface area contributed by atoms with Gasteiger partial charge in [-0.1, -0.05) is 18.2 Å². The smallest absolute Gasteiger partial charge is 0.126 e. The van der Waals surface area contributed by atoms with E-state index in [0.717, 1.165) is 31.6 Å². The van der Waals surface area contributed by atoms with Crippen LogP contribution in [0.15, 0.2) is 24.3 Å². The molecule has 1 aromatic rings. The van der Waals surface area contributed by atoms with Gasteiger partial charge in [0.15, 0.2) is 0 Å². The van der Waals surface area contributed by atoms with Gasteiger partial charge in [0.1, 0.15) is 5.82 Å². The zero-order valence-electron chi connectivity index (χ0n) is 10.6. The van der Waals surface area contributed by atoms with E-state index >= 15 is 0 Å². The summed E-state index contributed by atoms with van der Waals surface area (Å²) < 4.78 is 19.2. The standard InChI is InChI=1S/C15H20FNO/c16-14-4-2-1-3-11(14)9-12-10-18-8-7-15(12)17-13-5-6-13/h1-4,12-13,15,17H,5-10H2/t12-,15-/m0/s1. The summed E-state index contributed by atoms with van der Waals surface area (Å²) in [6.07, 6.45) is 4.42. The number of benzene rings is 1. The summed E-state index contributed by atoms with van der Waals surface area (Å²) in [6, 6.07) is 8.28. The Balaban J connectivity index is 1.66. The number of nitrogens with one attached hydrogen (secondary N) is 1. The van der Waals surface area contributed by atoms with Gasteiger partial charge in [-0.25, -0.2) is 4.39 Å². The zero-order chi connectivity index (χ0) is 12.4. The van der Waals surface area contributed by atoms with Crippen LogP contribution >= 0.6 is 0 Å². The van der Waals surface area contributed by atoms with Gasteiger partial charge in [-0.05, 0) is 37.3 Å². The van der Waals surface area contributed by atoms with Gasteiger partial charge >= 0.3 is 0 Å². The Labute approximate surface area is 108 Å². The maximum absolute atomic E-state index is 13.7. The number of ether oxygens (including phenoxy) is 1. The zero-order valence-corrected chi connectivity index (χ0v) is 10.6. The van der Waals surface area contributed by atoms with E-state index in [9.17, 15) is 4.39 Å². The number of rotatable bonds is 4. The van der Waals surface area contributed by atoms with Crippen molar-refractivity contribution >= 4 is 0 Å². The molecule has 2 nitrogen and oxygen atoms in total. The molecule has 0 radical (unpaired) electrons. The van der Waals surface area contributed by atoms with Crippen molar-refractivity contribution in [1.82, 2.24) is 5.32 Å². The highest BCUT2D eigenvalue weighted by Crippen LogP contribution is 2.26. The van der Waals surface area contributed by atoms with Crippen LogP contribution in [0.25, 0.3) is 0 Å². The van der Waals surface area contributed by atoms with Crippen molar-refractivity contribution in [1.29, 1.82) is 0 Å². The van der Waals surface area contributed by atoms with Gasteiger partial charge in [-0.3, -0.25) is 0 Å². The molecule has 0 unspecified atom stereocenters. The second kappa shape index (κ2) is 5.37. The van der Waals surface area contributed by atoms with Crippen LogP contribution in [0.3, 0.4) is 0 Å². The van der Waals surface area contributed by atoms with Crippen molar-refractivity contribution in [3.8, 4) is 0 Å². The van der Waals surface area contributed by atoms with Gasteiger partial charge in [0.25, 0.3) is 0 Å². The Kier molecular flexibility index (Phi) is 3.62. The van der Waals surface area contributed by atoms with Crippen molar-refractivity contribution in [3.63, 3.8) is 0 Å². The summed E-state index contributed by atoms with van der Waals surface area (Å²) in [4.78, 5) is 0. The van der Waals surface area contributed by atoms with Crippen LogP contribution < -0.4 is 5.32 Å². The van der Waals surface area contributed by atoms with Crippen molar-refractivity contribution in [2.45, 2.75) is 37.8 Å². The third-order valence-electron chi connectivity index (χ3n) is 3.94. The molecule has 18 heavy (non-hydrogen) atoms. The molecule has 0 bridgehead atoms. The predicted molar refractivity (Wildman–Crippen MR) is 69.0 cm³/mol. The van der Waals surface area contributed by atoms with Crippen LogP contribution in [0, 0.1) is 11.7 Å². The Morgan fingerprint density at radius 2 is 2.06 bits per heavy atom. The Hall–Kier alpha value is -0.930. The molecular weight excluding hydrogens is 229 g/mol. The lowest BCUT2D eigenvalue weighted by molar-refractivity contribution is 0.0313. The molecule has 1 saturated heterocycles. The molecule has 1 saturated carbocycles. The SMILES string of the molecule is Fc1ccccc1C[C@H]1COCC[C@@H]1NC1CC1. The highest BCUT2D eigenvalue weighted by atomic mass is 19.1. The first kappa shape index (κ1) is 12.1. The molecule has 0 amide bonds. The molecule has 1 aliphatic heterocycles. The minimum Gasteiger partial charge on any atom is -0.381 e. The lowest BCUT2D eigenvalue weighted by Crippen LogP contribution is -2.44. The van der Waals surface area contributed by atoms with Gasteiger partial charge in [0, 0.05) is 24.6 Å². The summed E-state index contributed by atoms with van der Waals surface area (Å²) >= 11 is 0. The van der Waals surface area contributed by atoms with Gasteiger partial charge in [0.05, 0.1) is 6.61 Å².